The number of thiophene rings is 1. The molecule has 3 aromatic heterocycles. The summed E-state index contributed by atoms with van der Waals surface area (Å²) in [6.07, 6.45) is 1.76. The van der Waals surface area contributed by atoms with E-state index in [1.54, 1.807) is 17.5 Å². The van der Waals surface area contributed by atoms with Crippen LogP contribution in [0.15, 0.2) is 66.2 Å². The van der Waals surface area contributed by atoms with E-state index in [0.29, 0.717) is 19.0 Å². The van der Waals surface area contributed by atoms with Crippen molar-refractivity contribution in [3.63, 3.8) is 0 Å². The van der Waals surface area contributed by atoms with Crippen molar-refractivity contribution in [1.29, 1.82) is 0 Å². The normalized spacial score (nSPS) is 11.0. The van der Waals surface area contributed by atoms with Gasteiger partial charge in [0.1, 0.15) is 35.2 Å². The first kappa shape index (κ1) is 26.4. The lowest BCUT2D eigenvalue weighted by atomic mass is 9.93. The third-order valence-electron chi connectivity index (χ3n) is 6.73. The highest BCUT2D eigenvalue weighted by Gasteiger charge is 2.18. The van der Waals surface area contributed by atoms with Crippen LogP contribution in [0.25, 0.3) is 22.0 Å². The highest BCUT2D eigenvalue weighted by atomic mass is 32.1. The van der Waals surface area contributed by atoms with Gasteiger partial charge in [0.15, 0.2) is 0 Å². The molecule has 0 bridgehead atoms. The minimum absolute atomic E-state index is 0.0754. The zero-order chi connectivity index (χ0) is 27.5. The second kappa shape index (κ2) is 11.3. The molecule has 1 N–H and O–H groups in total. The van der Waals surface area contributed by atoms with Gasteiger partial charge in [0.2, 0.25) is 5.91 Å². The number of fused-ring (bicyclic) bond motifs is 1. The number of aromatic nitrogens is 2. The molecule has 5 aromatic rings. The van der Waals surface area contributed by atoms with Crippen LogP contribution in [0.5, 0.6) is 11.5 Å². The molecule has 5 rings (SSSR count). The van der Waals surface area contributed by atoms with Crippen LogP contribution < -0.4 is 14.8 Å². The van der Waals surface area contributed by atoms with E-state index in [1.165, 1.54) is 6.92 Å². The van der Waals surface area contributed by atoms with E-state index in [0.717, 1.165) is 66.4 Å². The van der Waals surface area contributed by atoms with Crippen molar-refractivity contribution in [2.24, 2.45) is 0 Å². The van der Waals surface area contributed by atoms with Crippen LogP contribution in [0.3, 0.4) is 0 Å². The molecule has 0 unspecified atom stereocenters. The average molecular weight is 538 g/mol. The highest BCUT2D eigenvalue weighted by molar-refractivity contribution is 7.15. The predicted octanol–water partition coefficient (Wildman–Crippen LogP) is 7.71. The van der Waals surface area contributed by atoms with Gasteiger partial charge >= 0.3 is 0 Å². The van der Waals surface area contributed by atoms with Crippen LogP contribution in [0, 0.1) is 27.7 Å². The fourth-order valence-electron chi connectivity index (χ4n) is 4.75. The molecule has 0 atom stereocenters. The maximum Gasteiger partial charge on any atom is 0.221 e. The molecule has 7 heteroatoms. The Balaban J connectivity index is 1.45. The fraction of sp³-hybridized carbons (Fsp3) is 0.219. The van der Waals surface area contributed by atoms with Crippen LogP contribution in [0.1, 0.15) is 40.6 Å². The molecule has 0 radical (unpaired) electrons. The summed E-state index contributed by atoms with van der Waals surface area (Å²) in [5, 5.41) is 6.82. The summed E-state index contributed by atoms with van der Waals surface area (Å²) in [6.45, 7) is 10.5. The third kappa shape index (κ3) is 5.64. The Morgan fingerprint density at radius 1 is 0.923 bits per heavy atom. The number of nitrogens with zero attached hydrogens (tertiary/aromatic N) is 2. The topological polar surface area (TPSA) is 73.3 Å². The molecule has 0 spiro atoms. The first-order valence-corrected chi connectivity index (χ1v) is 13.7. The molecular weight excluding hydrogens is 506 g/mol. The summed E-state index contributed by atoms with van der Waals surface area (Å²) in [6, 6.07) is 17.9. The van der Waals surface area contributed by atoms with Crippen LogP contribution in [0.2, 0.25) is 0 Å². The Kier molecular flexibility index (Phi) is 7.61. The second-order valence-corrected chi connectivity index (χ2v) is 10.5. The second-order valence-electron chi connectivity index (χ2n) is 9.65. The van der Waals surface area contributed by atoms with Crippen LogP contribution in [0.4, 0.5) is 5.00 Å². The van der Waals surface area contributed by atoms with Crippen LogP contribution in [-0.2, 0) is 18.0 Å². The van der Waals surface area contributed by atoms with Gasteiger partial charge in [-0.15, -0.1) is 11.3 Å². The molecule has 3 heterocycles. The number of carbonyl (C=O) groups excluding carboxylic acids is 1. The Hall–Kier alpha value is -4.23. The molecule has 0 saturated carbocycles. The highest BCUT2D eigenvalue weighted by Crippen LogP contribution is 2.40. The molecule has 0 aliphatic heterocycles. The summed E-state index contributed by atoms with van der Waals surface area (Å²) in [7, 11) is 0. The van der Waals surface area contributed by atoms with Crippen LogP contribution in [-0.4, -0.2) is 15.9 Å². The number of para-hydroxylation sites is 1. The van der Waals surface area contributed by atoms with Gasteiger partial charge in [0.25, 0.3) is 0 Å². The van der Waals surface area contributed by atoms with E-state index >= 15 is 0 Å². The Bertz CT molecular complexity index is 1660. The maximum absolute atomic E-state index is 11.8. The molecule has 6 nitrogen and oxygen atoms in total. The number of hydrogen-bond donors (Lipinski definition) is 1. The zero-order valence-corrected chi connectivity index (χ0v) is 23.6. The van der Waals surface area contributed by atoms with E-state index in [-0.39, 0.29) is 5.91 Å². The van der Waals surface area contributed by atoms with E-state index in [1.807, 2.05) is 49.4 Å². The van der Waals surface area contributed by atoms with Gasteiger partial charge < -0.3 is 14.8 Å². The predicted molar refractivity (Wildman–Crippen MR) is 158 cm³/mol. The van der Waals surface area contributed by atoms with Crippen molar-refractivity contribution in [3.8, 4) is 22.6 Å². The largest absolute Gasteiger partial charge is 0.487 e. The standard InChI is InChI=1S/C32H31N3O3S/c1-19-12-13-25(30-20(2)18-39-32(30)35-23(5)36)22(4)27(19)17-38-28-11-8-10-26-29(15-21(3)34-31(26)28)37-16-24-9-6-7-14-33-24/h6-15,18H,16-17H2,1-5H3,(H,35,36). The molecule has 2 aromatic carbocycles. The molecule has 0 fully saturated rings. The zero-order valence-electron chi connectivity index (χ0n) is 22.8. The molecule has 198 valence electrons. The number of hydrogen-bond acceptors (Lipinski definition) is 6. The minimum Gasteiger partial charge on any atom is -0.487 e. The number of nitrogens with one attached hydrogen (secondary N) is 1. The van der Waals surface area contributed by atoms with Gasteiger partial charge in [0.05, 0.1) is 5.69 Å². The number of carbonyl (C=O) groups is 1. The fourth-order valence-corrected chi connectivity index (χ4v) is 5.75. The summed E-state index contributed by atoms with van der Waals surface area (Å²) in [5.74, 6) is 1.38. The van der Waals surface area contributed by atoms with E-state index in [9.17, 15) is 4.79 Å². The molecule has 39 heavy (non-hydrogen) atoms. The minimum atomic E-state index is -0.0754. The van der Waals surface area contributed by atoms with Gasteiger partial charge in [0, 0.05) is 35.8 Å². The number of benzene rings is 2. The Labute approximate surface area is 232 Å². The molecule has 0 aliphatic carbocycles. The number of anilines is 1. The van der Waals surface area contributed by atoms with Gasteiger partial charge in [-0.3, -0.25) is 9.78 Å². The van der Waals surface area contributed by atoms with E-state index < -0.39 is 0 Å². The summed E-state index contributed by atoms with van der Waals surface area (Å²) in [5.41, 5.74) is 9.16. The molecular formula is C32H31N3O3S. The lowest BCUT2D eigenvalue weighted by molar-refractivity contribution is -0.114. The van der Waals surface area contributed by atoms with Gasteiger partial charge in [-0.05, 0) is 85.2 Å². The number of amides is 1. The lowest BCUT2D eigenvalue weighted by Gasteiger charge is -2.18. The van der Waals surface area contributed by atoms with E-state index in [4.69, 9.17) is 14.5 Å². The quantitative estimate of drug-likeness (QED) is 0.219. The van der Waals surface area contributed by atoms with Gasteiger partial charge in [-0.25, -0.2) is 4.98 Å². The van der Waals surface area contributed by atoms with E-state index in [2.05, 4.69) is 48.6 Å². The van der Waals surface area contributed by atoms with Crippen LogP contribution >= 0.6 is 11.3 Å². The SMILES string of the molecule is CC(=O)Nc1scc(C)c1-c1ccc(C)c(COc2cccc3c(OCc4ccccn4)cc(C)nc23)c1C. The van der Waals surface area contributed by atoms with Gasteiger partial charge in [-0.1, -0.05) is 24.3 Å². The first-order valence-electron chi connectivity index (χ1n) is 12.8. The smallest absolute Gasteiger partial charge is 0.221 e. The Morgan fingerprint density at radius 2 is 1.74 bits per heavy atom. The van der Waals surface area contributed by atoms with Crippen molar-refractivity contribution in [3.05, 3.63) is 99.8 Å². The summed E-state index contributed by atoms with van der Waals surface area (Å²) in [4.78, 5) is 21.0. The Morgan fingerprint density at radius 3 is 2.51 bits per heavy atom. The number of ether oxygens (including phenoxy) is 2. The number of pyridine rings is 2. The maximum atomic E-state index is 11.8. The van der Waals surface area contributed by atoms with Crippen molar-refractivity contribution < 1.29 is 14.3 Å². The van der Waals surface area contributed by atoms with Crippen molar-refractivity contribution in [2.75, 3.05) is 5.32 Å². The summed E-state index contributed by atoms with van der Waals surface area (Å²) < 4.78 is 12.6. The lowest BCUT2D eigenvalue weighted by Crippen LogP contribution is -2.07. The summed E-state index contributed by atoms with van der Waals surface area (Å²) >= 11 is 1.55. The molecule has 0 aliphatic rings. The average Bonchev–Trinajstić information content (AvgIpc) is 3.26. The van der Waals surface area contributed by atoms with Crippen molar-refractivity contribution >= 4 is 33.1 Å². The first-order chi connectivity index (χ1) is 18.8. The molecule has 0 saturated heterocycles. The number of rotatable bonds is 8. The number of aryl methyl sites for hydroxylation is 3. The molecule has 1 amide bonds. The van der Waals surface area contributed by atoms with Gasteiger partial charge in [-0.2, -0.15) is 0 Å². The van der Waals surface area contributed by atoms with Crippen molar-refractivity contribution in [1.82, 2.24) is 9.97 Å². The van der Waals surface area contributed by atoms with Crippen molar-refractivity contribution in [2.45, 2.75) is 47.8 Å². The monoisotopic (exact) mass is 537 g/mol. The third-order valence-corrected chi connectivity index (χ3v) is 7.75.